The van der Waals surface area contributed by atoms with E-state index < -0.39 is 10.0 Å². The van der Waals surface area contributed by atoms with E-state index in [9.17, 15) is 8.42 Å². The highest BCUT2D eigenvalue weighted by Gasteiger charge is 2.19. The molecule has 2 heterocycles. The molecule has 0 atom stereocenters. The molecule has 2 aromatic heterocycles. The van der Waals surface area contributed by atoms with Gasteiger partial charge in [0.05, 0.1) is 12.2 Å². The average molecular weight is 296 g/mol. The zero-order valence-corrected chi connectivity index (χ0v) is 12.1. The molecule has 9 heteroatoms. The fourth-order valence-electron chi connectivity index (χ4n) is 1.64. The Bertz CT molecular complexity index is 682. The highest BCUT2D eigenvalue weighted by Crippen LogP contribution is 2.19. The molecule has 0 unspecified atom stereocenters. The largest absolute Gasteiger partial charge is 0.384 e. The Hall–Kier alpha value is -2.00. The molecule has 0 aromatic carbocycles. The minimum Gasteiger partial charge on any atom is -0.384 e. The predicted molar refractivity (Wildman–Crippen MR) is 73.4 cm³/mol. The lowest BCUT2D eigenvalue weighted by Crippen LogP contribution is -2.25. The molecule has 108 valence electrons. The minimum atomic E-state index is -3.66. The number of hydrogen-bond acceptors (Lipinski definition) is 6. The molecular formula is C11H16N6O2S. The van der Waals surface area contributed by atoms with Gasteiger partial charge in [-0.05, 0) is 13.0 Å². The molecule has 0 aliphatic heterocycles. The van der Waals surface area contributed by atoms with Gasteiger partial charge in [0.25, 0.3) is 0 Å². The molecule has 0 saturated carbocycles. The number of aromatic nitrogens is 4. The normalized spacial score (nSPS) is 11.5. The smallest absolute Gasteiger partial charge is 0.244 e. The lowest BCUT2D eigenvalue weighted by molar-refractivity contribution is 0.577. The molecule has 0 spiro atoms. The van der Waals surface area contributed by atoms with Gasteiger partial charge in [-0.2, -0.15) is 0 Å². The molecule has 20 heavy (non-hydrogen) atoms. The van der Waals surface area contributed by atoms with Crippen molar-refractivity contribution in [1.29, 1.82) is 0 Å². The van der Waals surface area contributed by atoms with Crippen LogP contribution in [0.1, 0.15) is 12.7 Å². The van der Waals surface area contributed by atoms with Gasteiger partial charge in [-0.3, -0.25) is 4.98 Å². The van der Waals surface area contributed by atoms with Crippen LogP contribution in [0.4, 0.5) is 5.69 Å². The quantitative estimate of drug-likeness (QED) is 0.785. The van der Waals surface area contributed by atoms with Crippen molar-refractivity contribution in [1.82, 2.24) is 24.5 Å². The van der Waals surface area contributed by atoms with Crippen LogP contribution >= 0.6 is 0 Å². The Morgan fingerprint density at radius 3 is 2.85 bits per heavy atom. The van der Waals surface area contributed by atoms with Crippen molar-refractivity contribution < 1.29 is 8.42 Å². The van der Waals surface area contributed by atoms with E-state index in [0.717, 1.165) is 0 Å². The van der Waals surface area contributed by atoms with Gasteiger partial charge in [0.2, 0.25) is 10.0 Å². The standard InChI is InChI=1S/C11H16N6O2S/c1-3-13-9-4-5-12-6-10(9)20(18,19)15-7-11-16-14-8-17(11)2/h4-6,8,15H,3,7H2,1-2H3,(H,12,13). The third-order valence-electron chi connectivity index (χ3n) is 2.67. The Morgan fingerprint density at radius 2 is 2.20 bits per heavy atom. The first-order valence-electron chi connectivity index (χ1n) is 6.05. The van der Waals surface area contributed by atoms with Gasteiger partial charge in [-0.1, -0.05) is 0 Å². The summed E-state index contributed by atoms with van der Waals surface area (Å²) in [4.78, 5) is 3.98. The Morgan fingerprint density at radius 1 is 1.40 bits per heavy atom. The fourth-order valence-corrected chi connectivity index (χ4v) is 2.74. The lowest BCUT2D eigenvalue weighted by Gasteiger charge is -2.11. The van der Waals surface area contributed by atoms with Crippen LogP contribution in [0.5, 0.6) is 0 Å². The molecular weight excluding hydrogens is 280 g/mol. The maximum atomic E-state index is 12.3. The molecule has 0 amide bonds. The maximum absolute atomic E-state index is 12.3. The molecule has 2 rings (SSSR count). The van der Waals surface area contributed by atoms with Crippen molar-refractivity contribution in [3.8, 4) is 0 Å². The van der Waals surface area contributed by atoms with Crippen molar-refractivity contribution >= 4 is 15.7 Å². The van der Waals surface area contributed by atoms with E-state index in [4.69, 9.17) is 0 Å². The van der Waals surface area contributed by atoms with E-state index in [-0.39, 0.29) is 11.4 Å². The fraction of sp³-hybridized carbons (Fsp3) is 0.364. The lowest BCUT2D eigenvalue weighted by atomic mass is 10.4. The van der Waals surface area contributed by atoms with E-state index >= 15 is 0 Å². The topological polar surface area (TPSA) is 102 Å². The van der Waals surface area contributed by atoms with Gasteiger partial charge in [-0.15, -0.1) is 10.2 Å². The van der Waals surface area contributed by atoms with Crippen LogP contribution in [0.25, 0.3) is 0 Å². The van der Waals surface area contributed by atoms with E-state index in [0.29, 0.717) is 18.1 Å². The number of sulfonamides is 1. The van der Waals surface area contributed by atoms with Crippen LogP contribution in [0, 0.1) is 0 Å². The number of aryl methyl sites for hydroxylation is 1. The summed E-state index contributed by atoms with van der Waals surface area (Å²) in [5, 5.41) is 10.5. The summed E-state index contributed by atoms with van der Waals surface area (Å²) < 4.78 is 28.7. The van der Waals surface area contributed by atoms with Crippen LogP contribution in [0.2, 0.25) is 0 Å². The molecule has 0 bridgehead atoms. The first kappa shape index (κ1) is 14.4. The summed E-state index contributed by atoms with van der Waals surface area (Å²) in [7, 11) is -1.91. The highest BCUT2D eigenvalue weighted by molar-refractivity contribution is 7.89. The number of hydrogen-bond donors (Lipinski definition) is 2. The van der Waals surface area contributed by atoms with Crippen LogP contribution in [-0.4, -0.2) is 34.7 Å². The summed E-state index contributed by atoms with van der Waals surface area (Å²) in [5.74, 6) is 0.530. The summed E-state index contributed by atoms with van der Waals surface area (Å²) in [6.45, 7) is 2.58. The Labute approximate surface area is 117 Å². The van der Waals surface area contributed by atoms with Gasteiger partial charge in [0, 0.05) is 26.0 Å². The molecule has 8 nitrogen and oxygen atoms in total. The zero-order valence-electron chi connectivity index (χ0n) is 11.2. The first-order valence-corrected chi connectivity index (χ1v) is 7.53. The van der Waals surface area contributed by atoms with Crippen molar-refractivity contribution in [2.24, 2.45) is 7.05 Å². The molecule has 2 N–H and O–H groups in total. The SMILES string of the molecule is CCNc1ccncc1S(=O)(=O)NCc1nncn1C. The third kappa shape index (κ3) is 3.11. The van der Waals surface area contributed by atoms with Crippen LogP contribution < -0.4 is 10.0 Å². The number of nitrogens with zero attached hydrogens (tertiary/aromatic N) is 4. The van der Waals surface area contributed by atoms with E-state index in [2.05, 4.69) is 25.2 Å². The summed E-state index contributed by atoms with van der Waals surface area (Å²) in [6, 6.07) is 1.63. The first-order chi connectivity index (χ1) is 9.54. The Balaban J connectivity index is 2.20. The van der Waals surface area contributed by atoms with Gasteiger partial charge in [0.15, 0.2) is 0 Å². The van der Waals surface area contributed by atoms with E-state index in [1.165, 1.54) is 12.5 Å². The van der Waals surface area contributed by atoms with Crippen molar-refractivity contribution in [3.63, 3.8) is 0 Å². The van der Waals surface area contributed by atoms with Crippen molar-refractivity contribution in [2.75, 3.05) is 11.9 Å². The Kier molecular flexibility index (Phi) is 4.30. The van der Waals surface area contributed by atoms with Gasteiger partial charge < -0.3 is 9.88 Å². The second-order valence-electron chi connectivity index (χ2n) is 4.08. The monoisotopic (exact) mass is 296 g/mol. The van der Waals surface area contributed by atoms with E-state index in [1.807, 2.05) is 6.92 Å². The molecule has 2 aromatic rings. The second kappa shape index (κ2) is 5.97. The minimum absolute atomic E-state index is 0.0687. The highest BCUT2D eigenvalue weighted by atomic mass is 32.2. The molecule has 0 aliphatic rings. The predicted octanol–water partition coefficient (Wildman–Crippen LogP) is 0.120. The summed E-state index contributed by atoms with van der Waals surface area (Å²) in [5.41, 5.74) is 0.521. The second-order valence-corrected chi connectivity index (χ2v) is 5.82. The number of rotatable bonds is 6. The third-order valence-corrected chi connectivity index (χ3v) is 4.10. The van der Waals surface area contributed by atoms with Gasteiger partial charge in [-0.25, -0.2) is 13.1 Å². The zero-order chi connectivity index (χ0) is 14.6. The van der Waals surface area contributed by atoms with Crippen molar-refractivity contribution in [3.05, 3.63) is 30.6 Å². The maximum Gasteiger partial charge on any atom is 0.244 e. The summed E-state index contributed by atoms with van der Waals surface area (Å²) in [6.07, 6.45) is 4.37. The number of anilines is 1. The van der Waals surface area contributed by atoms with Gasteiger partial charge in [0.1, 0.15) is 17.0 Å². The van der Waals surface area contributed by atoms with E-state index in [1.54, 1.807) is 23.9 Å². The van der Waals surface area contributed by atoms with Gasteiger partial charge >= 0.3 is 0 Å². The van der Waals surface area contributed by atoms with Crippen LogP contribution in [0.15, 0.2) is 29.7 Å². The number of pyridine rings is 1. The van der Waals surface area contributed by atoms with Crippen molar-refractivity contribution in [2.45, 2.75) is 18.4 Å². The van der Waals surface area contributed by atoms with Crippen LogP contribution in [0.3, 0.4) is 0 Å². The summed E-state index contributed by atoms with van der Waals surface area (Å²) >= 11 is 0. The molecule has 0 aliphatic carbocycles. The number of nitrogens with one attached hydrogen (secondary N) is 2. The molecule has 0 fully saturated rings. The molecule has 0 radical (unpaired) electrons. The van der Waals surface area contributed by atoms with Crippen LogP contribution in [-0.2, 0) is 23.6 Å². The average Bonchev–Trinajstić information content (AvgIpc) is 2.83. The molecule has 0 saturated heterocycles.